The van der Waals surface area contributed by atoms with Gasteiger partial charge in [-0.05, 0) is 24.3 Å². The number of likely N-dealkylation sites (tertiary alicyclic amines) is 1. The van der Waals surface area contributed by atoms with Gasteiger partial charge in [0.15, 0.2) is 0 Å². The Bertz CT molecular complexity index is 697. The van der Waals surface area contributed by atoms with Crippen molar-refractivity contribution in [1.29, 1.82) is 0 Å². The van der Waals surface area contributed by atoms with Crippen molar-refractivity contribution in [3.05, 3.63) is 54.1 Å². The molecule has 2 fully saturated rings. The van der Waals surface area contributed by atoms with E-state index in [1.54, 1.807) is 12.4 Å². The number of carbonyl (C=O) groups is 1. The summed E-state index contributed by atoms with van der Waals surface area (Å²) in [7, 11) is 0. The fourth-order valence-corrected chi connectivity index (χ4v) is 3.21. The van der Waals surface area contributed by atoms with Crippen LogP contribution in [0.15, 0.2) is 42.7 Å². The van der Waals surface area contributed by atoms with E-state index in [0.717, 1.165) is 12.4 Å². The second kappa shape index (κ2) is 5.65. The number of hydrogen-bond acceptors (Lipinski definition) is 3. The van der Waals surface area contributed by atoms with Gasteiger partial charge < -0.3 is 10.2 Å². The molecule has 23 heavy (non-hydrogen) atoms. The Morgan fingerprint density at radius 3 is 2.48 bits per heavy atom. The normalized spacial score (nSPS) is 23.3. The van der Waals surface area contributed by atoms with Crippen molar-refractivity contribution in [1.82, 2.24) is 14.9 Å². The maximum Gasteiger partial charge on any atom is 0.322 e. The summed E-state index contributed by atoms with van der Waals surface area (Å²) in [5.74, 6) is 1.89. The number of hydrogen-bond donors (Lipinski definition) is 1. The van der Waals surface area contributed by atoms with Gasteiger partial charge in [-0.1, -0.05) is 37.3 Å². The molecule has 118 valence electrons. The lowest BCUT2D eigenvalue weighted by Gasteiger charge is -2.46. The van der Waals surface area contributed by atoms with Crippen LogP contribution < -0.4 is 5.32 Å². The minimum absolute atomic E-state index is 0.0836. The molecule has 1 aliphatic heterocycles. The van der Waals surface area contributed by atoms with E-state index in [0.29, 0.717) is 17.5 Å². The zero-order valence-electron chi connectivity index (χ0n) is 13.1. The third-order valence-electron chi connectivity index (χ3n) is 4.63. The Labute approximate surface area is 135 Å². The lowest BCUT2D eigenvalue weighted by atomic mass is 9.85. The fourth-order valence-electron chi connectivity index (χ4n) is 3.21. The zero-order chi connectivity index (χ0) is 15.8. The van der Waals surface area contributed by atoms with E-state index in [2.05, 4.69) is 34.3 Å². The molecule has 1 saturated heterocycles. The molecule has 2 amide bonds. The Hall–Kier alpha value is -2.43. The van der Waals surface area contributed by atoms with Crippen LogP contribution in [-0.2, 0) is 0 Å². The van der Waals surface area contributed by atoms with E-state index in [1.807, 2.05) is 23.1 Å². The molecule has 2 unspecified atom stereocenters. The molecule has 0 bridgehead atoms. The van der Waals surface area contributed by atoms with E-state index in [1.165, 1.54) is 18.4 Å². The molecule has 4 rings (SSSR count). The second-order valence-corrected chi connectivity index (χ2v) is 6.52. The third kappa shape index (κ3) is 2.79. The van der Waals surface area contributed by atoms with Crippen molar-refractivity contribution in [3.63, 3.8) is 0 Å². The Kier molecular flexibility index (Phi) is 3.48. The van der Waals surface area contributed by atoms with Gasteiger partial charge in [0, 0.05) is 12.5 Å². The van der Waals surface area contributed by atoms with Crippen molar-refractivity contribution in [2.24, 2.45) is 5.92 Å². The lowest BCUT2D eigenvalue weighted by Crippen LogP contribution is -2.53. The molecule has 1 N–H and O–H groups in total. The molecule has 0 spiro atoms. The van der Waals surface area contributed by atoms with Gasteiger partial charge >= 0.3 is 6.03 Å². The molecule has 1 aromatic heterocycles. The summed E-state index contributed by atoms with van der Waals surface area (Å²) in [6.45, 7) is 2.95. The average molecular weight is 308 g/mol. The Morgan fingerprint density at radius 2 is 1.87 bits per heavy atom. The van der Waals surface area contributed by atoms with Crippen LogP contribution >= 0.6 is 0 Å². The first kappa shape index (κ1) is 14.2. The van der Waals surface area contributed by atoms with E-state index < -0.39 is 0 Å². The highest BCUT2D eigenvalue weighted by atomic mass is 16.2. The molecule has 2 heterocycles. The number of rotatable bonds is 3. The molecule has 0 radical (unpaired) electrons. The van der Waals surface area contributed by atoms with Crippen molar-refractivity contribution in [3.8, 4) is 0 Å². The van der Waals surface area contributed by atoms with Crippen LogP contribution in [0, 0.1) is 5.92 Å². The summed E-state index contributed by atoms with van der Waals surface area (Å²) in [4.78, 5) is 23.1. The summed E-state index contributed by atoms with van der Waals surface area (Å²) in [5.41, 5.74) is 1.84. The molecular weight excluding hydrogens is 288 g/mol. The first-order valence-corrected chi connectivity index (χ1v) is 8.17. The van der Waals surface area contributed by atoms with Gasteiger partial charge in [-0.3, -0.25) is 0 Å². The number of aromatic nitrogens is 2. The number of nitrogens with zero attached hydrogens (tertiary/aromatic N) is 3. The minimum Gasteiger partial charge on any atom is -0.317 e. The molecule has 2 atom stereocenters. The molecule has 5 heteroatoms. The largest absolute Gasteiger partial charge is 0.322 e. The molecule has 5 nitrogen and oxygen atoms in total. The average Bonchev–Trinajstić information content (AvgIpc) is 3.39. The Morgan fingerprint density at radius 1 is 1.17 bits per heavy atom. The van der Waals surface area contributed by atoms with Crippen molar-refractivity contribution < 1.29 is 4.79 Å². The van der Waals surface area contributed by atoms with Gasteiger partial charge in [0.1, 0.15) is 5.82 Å². The van der Waals surface area contributed by atoms with E-state index in [-0.39, 0.29) is 12.1 Å². The lowest BCUT2D eigenvalue weighted by molar-refractivity contribution is 0.0671. The van der Waals surface area contributed by atoms with Crippen molar-refractivity contribution in [2.45, 2.75) is 31.7 Å². The highest BCUT2D eigenvalue weighted by Gasteiger charge is 2.40. The van der Waals surface area contributed by atoms with Gasteiger partial charge in [0.05, 0.1) is 24.1 Å². The molecule has 2 aliphatic rings. The second-order valence-electron chi connectivity index (χ2n) is 6.52. The van der Waals surface area contributed by atoms with Crippen LogP contribution in [0.2, 0.25) is 0 Å². The van der Waals surface area contributed by atoms with Gasteiger partial charge in [-0.15, -0.1) is 0 Å². The van der Waals surface area contributed by atoms with Gasteiger partial charge in [-0.2, -0.15) is 0 Å². The first-order chi connectivity index (χ1) is 11.2. The molecule has 1 aliphatic carbocycles. The van der Waals surface area contributed by atoms with E-state index in [4.69, 9.17) is 0 Å². The smallest absolute Gasteiger partial charge is 0.317 e. The van der Waals surface area contributed by atoms with Crippen molar-refractivity contribution in [2.75, 3.05) is 11.9 Å². The summed E-state index contributed by atoms with van der Waals surface area (Å²) >= 11 is 0. The number of anilines is 1. The molecule has 2 aromatic rings. The number of urea groups is 1. The highest BCUT2D eigenvalue weighted by molar-refractivity contribution is 5.89. The Balaban J connectivity index is 1.44. The summed E-state index contributed by atoms with van der Waals surface area (Å²) in [6, 6.07) is 10.2. The summed E-state index contributed by atoms with van der Waals surface area (Å²) in [5, 5.41) is 2.91. The quantitative estimate of drug-likeness (QED) is 0.943. The van der Waals surface area contributed by atoms with Gasteiger partial charge in [0.25, 0.3) is 0 Å². The predicted molar refractivity (Wildman–Crippen MR) is 88.1 cm³/mol. The van der Waals surface area contributed by atoms with Crippen LogP contribution in [0.25, 0.3) is 0 Å². The van der Waals surface area contributed by atoms with Crippen LogP contribution in [0.1, 0.15) is 43.1 Å². The minimum atomic E-state index is -0.0836. The SMILES string of the molecule is CC1CN(C(=O)Nc2cnc(C3CC3)nc2)C1c1ccccc1. The maximum atomic E-state index is 12.5. The third-order valence-corrected chi connectivity index (χ3v) is 4.63. The first-order valence-electron chi connectivity index (χ1n) is 8.17. The number of amides is 2. The zero-order valence-corrected chi connectivity index (χ0v) is 13.1. The summed E-state index contributed by atoms with van der Waals surface area (Å²) in [6.07, 6.45) is 5.77. The van der Waals surface area contributed by atoms with Crippen molar-refractivity contribution >= 4 is 11.7 Å². The molecular formula is C18H20N4O. The maximum absolute atomic E-state index is 12.5. The predicted octanol–water partition coefficient (Wildman–Crippen LogP) is 3.58. The van der Waals surface area contributed by atoms with Crippen LogP contribution in [-0.4, -0.2) is 27.4 Å². The highest BCUT2D eigenvalue weighted by Crippen LogP contribution is 2.39. The molecule has 1 saturated carbocycles. The van der Waals surface area contributed by atoms with Crippen LogP contribution in [0.5, 0.6) is 0 Å². The van der Waals surface area contributed by atoms with Crippen LogP contribution in [0.4, 0.5) is 10.5 Å². The van der Waals surface area contributed by atoms with E-state index >= 15 is 0 Å². The standard InChI is InChI=1S/C18H20N4O/c1-12-11-22(16(12)13-5-3-2-4-6-13)18(23)21-15-9-19-17(20-10-15)14-7-8-14/h2-6,9-10,12,14,16H,7-8,11H2,1H3,(H,21,23). The monoisotopic (exact) mass is 308 g/mol. The molecule has 1 aromatic carbocycles. The topological polar surface area (TPSA) is 58.1 Å². The number of nitrogens with one attached hydrogen (secondary N) is 1. The fraction of sp³-hybridized carbons (Fsp3) is 0.389. The summed E-state index contributed by atoms with van der Waals surface area (Å²) < 4.78 is 0. The number of benzene rings is 1. The van der Waals surface area contributed by atoms with Gasteiger partial charge in [-0.25, -0.2) is 14.8 Å². The number of carbonyl (C=O) groups excluding carboxylic acids is 1. The van der Waals surface area contributed by atoms with Gasteiger partial charge in [0.2, 0.25) is 0 Å². The van der Waals surface area contributed by atoms with E-state index in [9.17, 15) is 4.79 Å². The van der Waals surface area contributed by atoms with Crippen LogP contribution in [0.3, 0.4) is 0 Å².